The van der Waals surface area contributed by atoms with Gasteiger partial charge in [0.15, 0.2) is 5.75 Å². The number of carbonyl (C=O) groups excluding carboxylic acids is 1. The first-order valence-corrected chi connectivity index (χ1v) is 9.53. The summed E-state index contributed by atoms with van der Waals surface area (Å²) in [5.74, 6) is 0.186. The molecule has 0 bridgehead atoms. The van der Waals surface area contributed by atoms with E-state index in [1.165, 1.54) is 26.4 Å². The minimum atomic E-state index is -0.143. The maximum atomic E-state index is 12.4. The van der Waals surface area contributed by atoms with E-state index in [9.17, 15) is 9.59 Å². The molecule has 3 rings (SSSR count). The fourth-order valence-electron chi connectivity index (χ4n) is 3.62. The van der Waals surface area contributed by atoms with Gasteiger partial charge in [0.1, 0.15) is 6.54 Å². The molecule has 3 heterocycles. The first-order valence-electron chi connectivity index (χ1n) is 9.53. The first-order chi connectivity index (χ1) is 12.7. The van der Waals surface area contributed by atoms with Crippen LogP contribution in [0.2, 0.25) is 0 Å². The Labute approximate surface area is 154 Å². The third kappa shape index (κ3) is 5.08. The van der Waals surface area contributed by atoms with Gasteiger partial charge in [-0.2, -0.15) is 0 Å². The molecule has 1 N–H and O–H groups in total. The molecule has 0 aliphatic carbocycles. The Bertz CT molecular complexity index is 661. The molecule has 1 atom stereocenters. The van der Waals surface area contributed by atoms with Gasteiger partial charge in [-0.1, -0.05) is 6.42 Å². The molecule has 1 aromatic heterocycles. The molecule has 0 aromatic carbocycles. The molecule has 0 saturated carbocycles. The van der Waals surface area contributed by atoms with E-state index in [0.717, 1.165) is 38.2 Å². The molecule has 1 aromatic rings. The van der Waals surface area contributed by atoms with E-state index in [2.05, 4.69) is 10.2 Å². The van der Waals surface area contributed by atoms with Crippen LogP contribution in [0.3, 0.4) is 0 Å². The van der Waals surface area contributed by atoms with Crippen molar-refractivity contribution in [1.82, 2.24) is 14.8 Å². The standard InChI is InChI=1S/C19H29N3O4/c1-25-18-13-22(14-19(24)20-11-16-6-5-9-26-16)15(10-17(18)23)12-21-7-3-2-4-8-21/h10,13,16H,2-9,11-12,14H2,1H3,(H,20,24)/t16-/m1/s1. The highest BCUT2D eigenvalue weighted by Gasteiger charge is 2.18. The highest BCUT2D eigenvalue weighted by molar-refractivity contribution is 5.75. The van der Waals surface area contributed by atoms with Crippen molar-refractivity contribution in [3.05, 3.63) is 28.2 Å². The van der Waals surface area contributed by atoms with Gasteiger partial charge in [-0.3, -0.25) is 14.5 Å². The van der Waals surface area contributed by atoms with Crippen LogP contribution in [0.4, 0.5) is 0 Å². The number of nitrogens with one attached hydrogen (secondary N) is 1. The zero-order chi connectivity index (χ0) is 18.4. The SMILES string of the molecule is COc1cn(CC(=O)NC[C@H]2CCCO2)c(CN2CCCCC2)cc1=O. The molecule has 2 saturated heterocycles. The van der Waals surface area contributed by atoms with Crippen LogP contribution in [0.25, 0.3) is 0 Å². The van der Waals surface area contributed by atoms with Crippen LogP contribution in [-0.4, -0.2) is 54.8 Å². The number of amides is 1. The van der Waals surface area contributed by atoms with Crippen LogP contribution in [-0.2, 0) is 22.6 Å². The summed E-state index contributed by atoms with van der Waals surface area (Å²) in [6, 6.07) is 1.60. The second-order valence-electron chi connectivity index (χ2n) is 7.10. The second kappa shape index (κ2) is 9.19. The zero-order valence-electron chi connectivity index (χ0n) is 15.5. The number of aromatic nitrogens is 1. The van der Waals surface area contributed by atoms with E-state index >= 15 is 0 Å². The molecule has 7 nitrogen and oxygen atoms in total. The van der Waals surface area contributed by atoms with Crippen molar-refractivity contribution in [2.24, 2.45) is 0 Å². The van der Waals surface area contributed by atoms with E-state index < -0.39 is 0 Å². The number of nitrogens with zero attached hydrogens (tertiary/aromatic N) is 2. The number of likely N-dealkylation sites (tertiary alicyclic amines) is 1. The van der Waals surface area contributed by atoms with Crippen molar-refractivity contribution >= 4 is 5.91 Å². The average Bonchev–Trinajstić information content (AvgIpc) is 3.16. The Morgan fingerprint density at radius 2 is 2.12 bits per heavy atom. The Balaban J connectivity index is 1.68. The Morgan fingerprint density at radius 1 is 1.31 bits per heavy atom. The van der Waals surface area contributed by atoms with Crippen molar-refractivity contribution in [3.63, 3.8) is 0 Å². The minimum Gasteiger partial charge on any atom is -0.491 e. The highest BCUT2D eigenvalue weighted by Crippen LogP contribution is 2.14. The molecular formula is C19H29N3O4. The predicted molar refractivity (Wildman–Crippen MR) is 98.4 cm³/mol. The van der Waals surface area contributed by atoms with E-state index in [4.69, 9.17) is 9.47 Å². The molecule has 2 aliphatic heterocycles. The van der Waals surface area contributed by atoms with Gasteiger partial charge in [-0.25, -0.2) is 0 Å². The van der Waals surface area contributed by atoms with Crippen LogP contribution in [0.1, 0.15) is 37.8 Å². The molecule has 0 spiro atoms. The summed E-state index contributed by atoms with van der Waals surface area (Å²) in [5.41, 5.74) is 0.709. The third-order valence-corrected chi connectivity index (χ3v) is 5.10. The van der Waals surface area contributed by atoms with Gasteiger partial charge in [0.05, 0.1) is 19.4 Å². The lowest BCUT2D eigenvalue weighted by Gasteiger charge is -2.27. The number of methoxy groups -OCH3 is 1. The largest absolute Gasteiger partial charge is 0.491 e. The lowest BCUT2D eigenvalue weighted by atomic mass is 10.1. The molecule has 7 heteroatoms. The number of rotatable bonds is 7. The first kappa shape index (κ1) is 18.9. The molecule has 26 heavy (non-hydrogen) atoms. The lowest BCUT2D eigenvalue weighted by Crippen LogP contribution is -2.36. The number of carbonyl (C=O) groups is 1. The topological polar surface area (TPSA) is 72.8 Å². The zero-order valence-corrected chi connectivity index (χ0v) is 15.5. The molecule has 2 aliphatic rings. The summed E-state index contributed by atoms with van der Waals surface area (Å²) in [6.45, 7) is 4.23. The predicted octanol–water partition coefficient (Wildman–Crippen LogP) is 1.14. The van der Waals surface area contributed by atoms with Crippen molar-refractivity contribution in [2.75, 3.05) is 33.4 Å². The Kier molecular flexibility index (Phi) is 6.68. The molecule has 0 unspecified atom stereocenters. The van der Waals surface area contributed by atoms with Gasteiger partial charge in [-0.15, -0.1) is 0 Å². The normalized spacial score (nSPS) is 20.9. The van der Waals surface area contributed by atoms with Crippen LogP contribution in [0, 0.1) is 0 Å². The fraction of sp³-hybridized carbons (Fsp3) is 0.684. The van der Waals surface area contributed by atoms with Gasteiger partial charge in [0.2, 0.25) is 11.3 Å². The summed E-state index contributed by atoms with van der Waals surface area (Å²) in [7, 11) is 1.48. The summed E-state index contributed by atoms with van der Waals surface area (Å²) in [4.78, 5) is 26.9. The number of ether oxygens (including phenoxy) is 2. The van der Waals surface area contributed by atoms with Crippen molar-refractivity contribution in [3.8, 4) is 5.75 Å². The van der Waals surface area contributed by atoms with Gasteiger partial charge >= 0.3 is 0 Å². The molecule has 0 radical (unpaired) electrons. The Hall–Kier alpha value is -1.86. The van der Waals surface area contributed by atoms with Crippen LogP contribution >= 0.6 is 0 Å². The number of piperidine rings is 1. The monoisotopic (exact) mass is 363 g/mol. The average molecular weight is 363 g/mol. The van der Waals surface area contributed by atoms with Crippen molar-refractivity contribution in [1.29, 1.82) is 0 Å². The highest BCUT2D eigenvalue weighted by atomic mass is 16.5. The smallest absolute Gasteiger partial charge is 0.240 e. The third-order valence-electron chi connectivity index (χ3n) is 5.10. The molecular weight excluding hydrogens is 334 g/mol. The van der Waals surface area contributed by atoms with Crippen LogP contribution in [0.15, 0.2) is 17.1 Å². The second-order valence-corrected chi connectivity index (χ2v) is 7.10. The summed E-state index contributed by atoms with van der Waals surface area (Å²) >= 11 is 0. The maximum absolute atomic E-state index is 12.4. The van der Waals surface area contributed by atoms with E-state index in [1.807, 2.05) is 4.57 Å². The number of pyridine rings is 1. The maximum Gasteiger partial charge on any atom is 0.240 e. The minimum absolute atomic E-state index is 0.0777. The van der Waals surface area contributed by atoms with E-state index in [0.29, 0.717) is 13.1 Å². The van der Waals surface area contributed by atoms with Gasteiger partial charge in [0.25, 0.3) is 0 Å². The number of hydrogen-bond donors (Lipinski definition) is 1. The number of hydrogen-bond acceptors (Lipinski definition) is 5. The quantitative estimate of drug-likeness (QED) is 0.786. The lowest BCUT2D eigenvalue weighted by molar-refractivity contribution is -0.122. The summed E-state index contributed by atoms with van der Waals surface area (Å²) in [5, 5.41) is 2.94. The van der Waals surface area contributed by atoms with Gasteiger partial charge < -0.3 is 19.4 Å². The van der Waals surface area contributed by atoms with E-state index in [1.54, 1.807) is 12.3 Å². The molecule has 2 fully saturated rings. The van der Waals surface area contributed by atoms with Crippen molar-refractivity contribution in [2.45, 2.75) is 51.3 Å². The van der Waals surface area contributed by atoms with Gasteiger partial charge in [-0.05, 0) is 38.8 Å². The van der Waals surface area contributed by atoms with Crippen LogP contribution < -0.4 is 15.5 Å². The van der Waals surface area contributed by atoms with E-state index in [-0.39, 0.29) is 29.7 Å². The molecule has 1 amide bonds. The Morgan fingerprint density at radius 3 is 2.81 bits per heavy atom. The summed E-state index contributed by atoms with van der Waals surface area (Å²) in [6.07, 6.45) is 7.44. The van der Waals surface area contributed by atoms with Gasteiger partial charge in [0, 0.05) is 31.5 Å². The van der Waals surface area contributed by atoms with Crippen molar-refractivity contribution < 1.29 is 14.3 Å². The molecule has 144 valence electrons. The van der Waals surface area contributed by atoms with Crippen LogP contribution in [0.5, 0.6) is 5.75 Å². The summed E-state index contributed by atoms with van der Waals surface area (Å²) < 4.78 is 12.5. The fourth-order valence-corrected chi connectivity index (χ4v) is 3.62.